The fourth-order valence-corrected chi connectivity index (χ4v) is 2.09. The standard InChI is InChI=1S/C15H15ClN2O2/c1-15(10-19,11-5-3-2-4-6-11)18-14(20)12-7-8-17-9-13(12)16/h2-9,19H,10H2,1H3,(H,18,20). The van der Waals surface area contributed by atoms with Gasteiger partial charge in [0.15, 0.2) is 0 Å². The second-order valence-corrected chi connectivity index (χ2v) is 5.07. The zero-order chi connectivity index (χ0) is 14.6. The van der Waals surface area contributed by atoms with Crippen LogP contribution < -0.4 is 5.32 Å². The molecule has 1 unspecified atom stereocenters. The molecule has 0 bridgehead atoms. The van der Waals surface area contributed by atoms with E-state index < -0.39 is 5.54 Å². The number of carbonyl (C=O) groups excluding carboxylic acids is 1. The molecule has 1 aromatic heterocycles. The molecule has 1 heterocycles. The molecular weight excluding hydrogens is 276 g/mol. The minimum absolute atomic E-state index is 0.217. The Morgan fingerprint density at radius 2 is 2.05 bits per heavy atom. The molecule has 0 radical (unpaired) electrons. The van der Waals surface area contributed by atoms with E-state index in [1.807, 2.05) is 30.3 Å². The second-order valence-electron chi connectivity index (χ2n) is 4.67. The molecule has 0 fully saturated rings. The molecule has 20 heavy (non-hydrogen) atoms. The third-order valence-electron chi connectivity index (χ3n) is 3.13. The molecule has 0 aliphatic carbocycles. The zero-order valence-electron chi connectivity index (χ0n) is 11.0. The lowest BCUT2D eigenvalue weighted by molar-refractivity contribution is 0.0849. The summed E-state index contributed by atoms with van der Waals surface area (Å²) >= 11 is 5.95. The maximum Gasteiger partial charge on any atom is 0.253 e. The summed E-state index contributed by atoms with van der Waals surface area (Å²) in [5, 5.41) is 12.7. The van der Waals surface area contributed by atoms with E-state index in [1.165, 1.54) is 12.4 Å². The van der Waals surface area contributed by atoms with E-state index in [-0.39, 0.29) is 17.5 Å². The molecule has 1 atom stereocenters. The van der Waals surface area contributed by atoms with Crippen LogP contribution in [0, 0.1) is 0 Å². The van der Waals surface area contributed by atoms with Gasteiger partial charge in [-0.3, -0.25) is 9.78 Å². The lowest BCUT2D eigenvalue weighted by Gasteiger charge is -2.29. The van der Waals surface area contributed by atoms with Crippen LogP contribution in [0.15, 0.2) is 48.8 Å². The Hall–Kier alpha value is -1.91. The van der Waals surface area contributed by atoms with E-state index in [2.05, 4.69) is 10.3 Å². The highest BCUT2D eigenvalue weighted by Gasteiger charge is 2.28. The Balaban J connectivity index is 2.27. The van der Waals surface area contributed by atoms with Crippen molar-refractivity contribution in [3.8, 4) is 0 Å². The number of aliphatic hydroxyl groups excluding tert-OH is 1. The van der Waals surface area contributed by atoms with Crippen molar-refractivity contribution in [2.24, 2.45) is 0 Å². The Bertz CT molecular complexity index is 604. The number of nitrogens with one attached hydrogen (secondary N) is 1. The minimum atomic E-state index is -0.870. The highest BCUT2D eigenvalue weighted by atomic mass is 35.5. The third-order valence-corrected chi connectivity index (χ3v) is 3.43. The molecule has 2 aromatic rings. The highest BCUT2D eigenvalue weighted by molar-refractivity contribution is 6.33. The van der Waals surface area contributed by atoms with Gasteiger partial charge < -0.3 is 10.4 Å². The first-order valence-electron chi connectivity index (χ1n) is 6.15. The third kappa shape index (κ3) is 2.98. The van der Waals surface area contributed by atoms with Crippen molar-refractivity contribution in [2.45, 2.75) is 12.5 Å². The van der Waals surface area contributed by atoms with E-state index in [4.69, 9.17) is 11.6 Å². The van der Waals surface area contributed by atoms with Crippen LogP contribution in [-0.2, 0) is 5.54 Å². The largest absolute Gasteiger partial charge is 0.394 e. The first-order valence-corrected chi connectivity index (χ1v) is 6.53. The number of pyridine rings is 1. The van der Waals surface area contributed by atoms with Crippen molar-refractivity contribution in [3.05, 3.63) is 64.9 Å². The summed E-state index contributed by atoms with van der Waals surface area (Å²) in [6.07, 6.45) is 2.91. The molecule has 2 N–H and O–H groups in total. The van der Waals surface area contributed by atoms with Crippen LogP contribution >= 0.6 is 11.6 Å². The van der Waals surface area contributed by atoms with E-state index in [1.54, 1.807) is 13.0 Å². The number of aromatic nitrogens is 1. The van der Waals surface area contributed by atoms with Crippen molar-refractivity contribution in [3.63, 3.8) is 0 Å². The van der Waals surface area contributed by atoms with Gasteiger partial charge in [0.1, 0.15) is 0 Å². The van der Waals surface area contributed by atoms with Gasteiger partial charge in [0.25, 0.3) is 5.91 Å². The number of nitrogens with zero attached hydrogens (tertiary/aromatic N) is 1. The molecule has 0 aliphatic rings. The van der Waals surface area contributed by atoms with Crippen LogP contribution in [0.25, 0.3) is 0 Å². The Labute approximate surface area is 122 Å². The molecular formula is C15H15ClN2O2. The molecule has 0 spiro atoms. The number of hydrogen-bond donors (Lipinski definition) is 2. The van der Waals surface area contributed by atoms with Gasteiger partial charge in [0.05, 0.1) is 22.7 Å². The van der Waals surface area contributed by atoms with Gasteiger partial charge in [0.2, 0.25) is 0 Å². The molecule has 0 aliphatic heterocycles. The maximum atomic E-state index is 12.3. The van der Waals surface area contributed by atoms with Gasteiger partial charge in [0, 0.05) is 12.4 Å². The number of hydrogen-bond acceptors (Lipinski definition) is 3. The van der Waals surface area contributed by atoms with Crippen molar-refractivity contribution in [1.29, 1.82) is 0 Å². The summed E-state index contributed by atoms with van der Waals surface area (Å²) in [7, 11) is 0. The highest BCUT2D eigenvalue weighted by Crippen LogP contribution is 2.22. The summed E-state index contributed by atoms with van der Waals surface area (Å²) in [5.74, 6) is -0.349. The molecule has 5 heteroatoms. The van der Waals surface area contributed by atoms with Crippen LogP contribution in [0.5, 0.6) is 0 Å². The van der Waals surface area contributed by atoms with Crippen LogP contribution in [0.2, 0.25) is 5.02 Å². The number of halogens is 1. The Morgan fingerprint density at radius 1 is 1.35 bits per heavy atom. The van der Waals surface area contributed by atoms with Crippen molar-refractivity contribution in [2.75, 3.05) is 6.61 Å². The minimum Gasteiger partial charge on any atom is -0.394 e. The van der Waals surface area contributed by atoms with Crippen molar-refractivity contribution < 1.29 is 9.90 Å². The van der Waals surface area contributed by atoms with Gasteiger partial charge in [-0.15, -0.1) is 0 Å². The predicted molar refractivity (Wildman–Crippen MR) is 77.6 cm³/mol. The smallest absolute Gasteiger partial charge is 0.253 e. The summed E-state index contributed by atoms with van der Waals surface area (Å²) < 4.78 is 0. The predicted octanol–water partition coefficient (Wildman–Crippen LogP) is 2.37. The molecule has 1 amide bonds. The van der Waals surface area contributed by atoms with Gasteiger partial charge in [-0.2, -0.15) is 0 Å². The number of carbonyl (C=O) groups is 1. The summed E-state index contributed by atoms with van der Waals surface area (Å²) in [6, 6.07) is 10.8. The molecule has 0 saturated carbocycles. The normalized spacial score (nSPS) is 13.6. The van der Waals surface area contributed by atoms with Crippen LogP contribution in [0.1, 0.15) is 22.8 Å². The second kappa shape index (κ2) is 6.03. The number of aliphatic hydroxyl groups is 1. The van der Waals surface area contributed by atoms with Crippen LogP contribution in [0.3, 0.4) is 0 Å². The fraction of sp³-hybridized carbons (Fsp3) is 0.200. The number of benzene rings is 1. The van der Waals surface area contributed by atoms with Gasteiger partial charge in [-0.1, -0.05) is 41.9 Å². The molecule has 4 nitrogen and oxygen atoms in total. The number of amides is 1. The van der Waals surface area contributed by atoms with E-state index in [9.17, 15) is 9.90 Å². The van der Waals surface area contributed by atoms with Crippen LogP contribution in [0.4, 0.5) is 0 Å². The summed E-state index contributed by atoms with van der Waals surface area (Å²) in [5.41, 5.74) is 0.281. The van der Waals surface area contributed by atoms with Crippen molar-refractivity contribution >= 4 is 17.5 Å². The number of rotatable bonds is 4. The van der Waals surface area contributed by atoms with Gasteiger partial charge in [-0.05, 0) is 18.6 Å². The molecule has 1 aromatic carbocycles. The van der Waals surface area contributed by atoms with E-state index in [0.29, 0.717) is 5.56 Å². The molecule has 0 saturated heterocycles. The summed E-state index contributed by atoms with van der Waals surface area (Å²) in [6.45, 7) is 1.54. The van der Waals surface area contributed by atoms with Gasteiger partial charge in [-0.25, -0.2) is 0 Å². The maximum absolute atomic E-state index is 12.3. The lowest BCUT2D eigenvalue weighted by atomic mass is 9.92. The van der Waals surface area contributed by atoms with Gasteiger partial charge >= 0.3 is 0 Å². The molecule has 104 valence electrons. The van der Waals surface area contributed by atoms with Crippen LogP contribution in [-0.4, -0.2) is 22.6 Å². The Morgan fingerprint density at radius 3 is 2.65 bits per heavy atom. The average molecular weight is 291 g/mol. The fourth-order valence-electron chi connectivity index (χ4n) is 1.89. The average Bonchev–Trinajstić information content (AvgIpc) is 2.48. The SMILES string of the molecule is CC(CO)(NC(=O)c1ccncc1Cl)c1ccccc1. The lowest BCUT2D eigenvalue weighted by Crippen LogP contribution is -2.46. The topological polar surface area (TPSA) is 62.2 Å². The first kappa shape index (κ1) is 14.5. The molecule has 2 rings (SSSR count). The Kier molecular flexibility index (Phi) is 4.37. The summed E-state index contributed by atoms with van der Waals surface area (Å²) in [4.78, 5) is 16.1. The zero-order valence-corrected chi connectivity index (χ0v) is 11.8. The van der Waals surface area contributed by atoms with E-state index in [0.717, 1.165) is 5.56 Å². The van der Waals surface area contributed by atoms with E-state index >= 15 is 0 Å². The monoisotopic (exact) mass is 290 g/mol. The van der Waals surface area contributed by atoms with Crippen molar-refractivity contribution in [1.82, 2.24) is 10.3 Å². The first-order chi connectivity index (χ1) is 9.57. The quantitative estimate of drug-likeness (QED) is 0.909.